The van der Waals surface area contributed by atoms with Gasteiger partial charge < -0.3 is 10.4 Å². The SMILES string of the molecule is O=C(O)CCCCCNC(=O)/C=C/c1c(Cl)cccc1Cl. The van der Waals surface area contributed by atoms with Gasteiger partial charge in [0, 0.05) is 34.7 Å². The minimum absolute atomic E-state index is 0.166. The lowest BCUT2D eigenvalue weighted by atomic mass is 10.2. The first-order valence-electron chi connectivity index (χ1n) is 6.62. The Morgan fingerprint density at radius 1 is 1.14 bits per heavy atom. The first-order chi connectivity index (χ1) is 10.0. The molecule has 1 aromatic carbocycles. The van der Waals surface area contributed by atoms with Crippen LogP contribution in [0.25, 0.3) is 6.08 Å². The Hall–Kier alpha value is -1.52. The molecule has 0 saturated carbocycles. The second-order valence-electron chi connectivity index (χ2n) is 4.46. The van der Waals surface area contributed by atoms with Crippen LogP contribution in [0, 0.1) is 0 Å². The fourth-order valence-corrected chi connectivity index (χ4v) is 2.20. The summed E-state index contributed by atoms with van der Waals surface area (Å²) in [5.41, 5.74) is 0.609. The van der Waals surface area contributed by atoms with Gasteiger partial charge in [0.1, 0.15) is 0 Å². The van der Waals surface area contributed by atoms with Gasteiger partial charge in [-0.05, 0) is 31.1 Å². The Bertz CT molecular complexity index is 509. The lowest BCUT2D eigenvalue weighted by Crippen LogP contribution is -2.22. The monoisotopic (exact) mass is 329 g/mol. The van der Waals surface area contributed by atoms with Gasteiger partial charge in [-0.1, -0.05) is 35.7 Å². The van der Waals surface area contributed by atoms with Crippen LogP contribution in [0.2, 0.25) is 10.0 Å². The van der Waals surface area contributed by atoms with Gasteiger partial charge in [0.05, 0.1) is 0 Å². The third-order valence-electron chi connectivity index (χ3n) is 2.77. The van der Waals surface area contributed by atoms with Crippen LogP contribution in [0.5, 0.6) is 0 Å². The highest BCUT2D eigenvalue weighted by Crippen LogP contribution is 2.25. The standard InChI is InChI=1S/C15H17Cl2NO3/c16-12-5-4-6-13(17)11(12)8-9-14(19)18-10-3-1-2-7-15(20)21/h4-6,8-9H,1-3,7,10H2,(H,18,19)(H,20,21)/b9-8+. The zero-order valence-corrected chi connectivity index (χ0v) is 13.0. The second kappa shape index (κ2) is 9.42. The number of benzene rings is 1. The minimum atomic E-state index is -0.793. The molecule has 0 heterocycles. The van der Waals surface area contributed by atoms with Crippen LogP contribution >= 0.6 is 23.2 Å². The number of halogens is 2. The maximum atomic E-state index is 11.6. The van der Waals surface area contributed by atoms with Crippen LogP contribution in [0.15, 0.2) is 24.3 Å². The summed E-state index contributed by atoms with van der Waals surface area (Å²) < 4.78 is 0. The molecule has 0 aliphatic heterocycles. The number of amides is 1. The molecule has 114 valence electrons. The van der Waals surface area contributed by atoms with E-state index >= 15 is 0 Å². The van der Waals surface area contributed by atoms with Gasteiger partial charge in [-0.15, -0.1) is 0 Å². The Morgan fingerprint density at radius 3 is 2.43 bits per heavy atom. The predicted octanol–water partition coefficient (Wildman–Crippen LogP) is 3.77. The molecule has 0 saturated heterocycles. The molecule has 21 heavy (non-hydrogen) atoms. The number of aliphatic carboxylic acids is 1. The number of carbonyl (C=O) groups excluding carboxylic acids is 1. The highest BCUT2D eigenvalue weighted by atomic mass is 35.5. The molecule has 0 aromatic heterocycles. The van der Waals surface area contributed by atoms with Gasteiger partial charge in [0.2, 0.25) is 5.91 Å². The van der Waals surface area contributed by atoms with E-state index in [4.69, 9.17) is 28.3 Å². The lowest BCUT2D eigenvalue weighted by Gasteiger charge is -2.03. The van der Waals surface area contributed by atoms with Crippen LogP contribution < -0.4 is 5.32 Å². The van der Waals surface area contributed by atoms with Crippen molar-refractivity contribution in [2.24, 2.45) is 0 Å². The van der Waals surface area contributed by atoms with Gasteiger partial charge >= 0.3 is 5.97 Å². The molecule has 1 aromatic rings. The van der Waals surface area contributed by atoms with Crippen molar-refractivity contribution in [2.75, 3.05) is 6.54 Å². The molecule has 2 N–H and O–H groups in total. The lowest BCUT2D eigenvalue weighted by molar-refractivity contribution is -0.137. The smallest absolute Gasteiger partial charge is 0.303 e. The van der Waals surface area contributed by atoms with Crippen LogP contribution in [0.3, 0.4) is 0 Å². The van der Waals surface area contributed by atoms with Crippen molar-refractivity contribution in [3.8, 4) is 0 Å². The molecule has 6 heteroatoms. The number of unbranched alkanes of at least 4 members (excludes halogenated alkanes) is 2. The van der Waals surface area contributed by atoms with Crippen LogP contribution in [0.1, 0.15) is 31.2 Å². The van der Waals surface area contributed by atoms with Crippen molar-refractivity contribution in [3.63, 3.8) is 0 Å². The Balaban J connectivity index is 2.30. The van der Waals surface area contributed by atoms with E-state index in [0.29, 0.717) is 28.6 Å². The normalized spacial score (nSPS) is 10.8. The zero-order chi connectivity index (χ0) is 15.7. The van der Waals surface area contributed by atoms with E-state index < -0.39 is 5.97 Å². The first-order valence-corrected chi connectivity index (χ1v) is 7.38. The molecule has 1 amide bonds. The van der Waals surface area contributed by atoms with E-state index in [1.54, 1.807) is 24.3 Å². The van der Waals surface area contributed by atoms with Crippen LogP contribution in [0.4, 0.5) is 0 Å². The molecular weight excluding hydrogens is 313 g/mol. The molecule has 0 fully saturated rings. The van der Waals surface area contributed by atoms with Gasteiger partial charge in [-0.2, -0.15) is 0 Å². The average molecular weight is 330 g/mol. The Morgan fingerprint density at radius 2 is 1.81 bits per heavy atom. The first kappa shape index (κ1) is 17.5. The molecule has 0 spiro atoms. The van der Waals surface area contributed by atoms with Crippen molar-refractivity contribution in [1.82, 2.24) is 5.32 Å². The third-order valence-corrected chi connectivity index (χ3v) is 3.43. The largest absolute Gasteiger partial charge is 0.481 e. The second-order valence-corrected chi connectivity index (χ2v) is 5.28. The van der Waals surface area contributed by atoms with Crippen molar-refractivity contribution >= 4 is 41.2 Å². The average Bonchev–Trinajstić information content (AvgIpc) is 2.41. The molecule has 0 aliphatic carbocycles. The molecule has 4 nitrogen and oxygen atoms in total. The quantitative estimate of drug-likeness (QED) is 0.563. The summed E-state index contributed by atoms with van der Waals surface area (Å²) in [5, 5.41) is 12.2. The van der Waals surface area contributed by atoms with Crippen molar-refractivity contribution in [1.29, 1.82) is 0 Å². The fourth-order valence-electron chi connectivity index (χ4n) is 1.68. The third kappa shape index (κ3) is 7.16. The summed E-state index contributed by atoms with van der Waals surface area (Å²) in [6.07, 6.45) is 5.26. The van der Waals surface area contributed by atoms with Crippen molar-refractivity contribution in [3.05, 3.63) is 39.9 Å². The number of nitrogens with one attached hydrogen (secondary N) is 1. The van der Waals surface area contributed by atoms with Crippen LogP contribution in [-0.4, -0.2) is 23.5 Å². The van der Waals surface area contributed by atoms with Gasteiger partial charge in [-0.3, -0.25) is 9.59 Å². The van der Waals surface area contributed by atoms with E-state index in [0.717, 1.165) is 12.8 Å². The summed E-state index contributed by atoms with van der Waals surface area (Å²) in [7, 11) is 0. The van der Waals surface area contributed by atoms with Gasteiger partial charge in [-0.25, -0.2) is 0 Å². The Kier molecular flexibility index (Phi) is 7.87. The van der Waals surface area contributed by atoms with E-state index in [1.165, 1.54) is 6.08 Å². The molecule has 0 radical (unpaired) electrons. The number of rotatable bonds is 8. The molecule has 0 bridgehead atoms. The summed E-state index contributed by atoms with van der Waals surface area (Å²) in [4.78, 5) is 21.9. The summed E-state index contributed by atoms with van der Waals surface area (Å²) in [6.45, 7) is 0.513. The highest BCUT2D eigenvalue weighted by Gasteiger charge is 2.02. The maximum Gasteiger partial charge on any atom is 0.303 e. The predicted molar refractivity (Wildman–Crippen MR) is 84.6 cm³/mol. The van der Waals surface area contributed by atoms with E-state index in [1.807, 2.05) is 0 Å². The van der Waals surface area contributed by atoms with Gasteiger partial charge in [0.25, 0.3) is 0 Å². The Labute approximate surface area is 133 Å². The number of carboxylic acid groups (broad SMARTS) is 1. The number of hydrogen-bond acceptors (Lipinski definition) is 2. The number of hydrogen-bond donors (Lipinski definition) is 2. The van der Waals surface area contributed by atoms with Crippen molar-refractivity contribution in [2.45, 2.75) is 25.7 Å². The number of carboxylic acids is 1. The topological polar surface area (TPSA) is 66.4 Å². The molecule has 0 atom stereocenters. The minimum Gasteiger partial charge on any atom is -0.481 e. The highest BCUT2D eigenvalue weighted by molar-refractivity contribution is 6.37. The fraction of sp³-hybridized carbons (Fsp3) is 0.333. The van der Waals surface area contributed by atoms with Gasteiger partial charge in [0.15, 0.2) is 0 Å². The van der Waals surface area contributed by atoms with E-state index in [2.05, 4.69) is 5.32 Å². The molecular formula is C15H17Cl2NO3. The zero-order valence-electron chi connectivity index (χ0n) is 11.4. The summed E-state index contributed by atoms with van der Waals surface area (Å²) in [5.74, 6) is -1.03. The van der Waals surface area contributed by atoms with E-state index in [-0.39, 0.29) is 12.3 Å². The van der Waals surface area contributed by atoms with E-state index in [9.17, 15) is 9.59 Å². The molecule has 0 unspecified atom stereocenters. The summed E-state index contributed by atoms with van der Waals surface area (Å²) >= 11 is 12.0. The molecule has 1 rings (SSSR count). The van der Waals surface area contributed by atoms with Crippen LogP contribution in [-0.2, 0) is 9.59 Å². The number of carbonyl (C=O) groups is 2. The van der Waals surface area contributed by atoms with Crippen molar-refractivity contribution < 1.29 is 14.7 Å². The molecule has 0 aliphatic rings. The summed E-state index contributed by atoms with van der Waals surface area (Å²) in [6, 6.07) is 5.14. The maximum absolute atomic E-state index is 11.6.